The Labute approximate surface area is 196 Å². The highest BCUT2D eigenvalue weighted by Gasteiger charge is 2.46. The summed E-state index contributed by atoms with van der Waals surface area (Å²) in [6, 6.07) is 11.4. The molecule has 4 N–H and O–H groups in total. The van der Waals surface area contributed by atoms with E-state index in [4.69, 9.17) is 9.57 Å². The Morgan fingerprint density at radius 1 is 1.03 bits per heavy atom. The highest BCUT2D eigenvalue weighted by atomic mass is 19.4. The first-order chi connectivity index (χ1) is 16.6. The Balaban J connectivity index is 1.92. The van der Waals surface area contributed by atoms with E-state index in [1.54, 1.807) is 30.3 Å². The van der Waals surface area contributed by atoms with Crippen LogP contribution in [0.25, 0.3) is 22.0 Å². The number of rotatable bonds is 5. The van der Waals surface area contributed by atoms with Crippen molar-refractivity contribution in [2.75, 3.05) is 13.7 Å². The molecular weight excluding hydrogens is 475 g/mol. The quantitative estimate of drug-likeness (QED) is 0.389. The second kappa shape index (κ2) is 9.47. The van der Waals surface area contributed by atoms with Crippen LogP contribution in [0.3, 0.4) is 0 Å². The van der Waals surface area contributed by atoms with Crippen molar-refractivity contribution in [1.29, 1.82) is 0 Å². The summed E-state index contributed by atoms with van der Waals surface area (Å²) in [5.41, 5.74) is -1.07. The summed E-state index contributed by atoms with van der Waals surface area (Å²) >= 11 is 0. The van der Waals surface area contributed by atoms with Gasteiger partial charge in [-0.05, 0) is 29.3 Å². The van der Waals surface area contributed by atoms with E-state index in [-0.39, 0.29) is 16.5 Å². The molecule has 3 aromatic rings. The normalized spacial score (nSPS) is 25.0. The van der Waals surface area contributed by atoms with E-state index >= 15 is 0 Å². The molecule has 0 saturated carbocycles. The minimum atomic E-state index is -4.80. The zero-order valence-corrected chi connectivity index (χ0v) is 18.2. The van der Waals surface area contributed by atoms with Crippen molar-refractivity contribution < 1.29 is 52.7 Å². The van der Waals surface area contributed by atoms with Gasteiger partial charge in [0.25, 0.3) is 6.29 Å². The molecule has 9 nitrogen and oxygen atoms in total. The standard InChI is InChI=1S/C23H22F3NO8/c1-33-21(32)16-9-13-14(23(24,25)26)7-12(11-5-3-2-4-6-11)8-15(13)27(16)35-22-20(31)19(30)18(29)17(10-28)34-22/h2-9,17-20,22,28-31H,10H2,1H3/t17-,18+,19-,20-,22+/m1/s1. The molecule has 0 unspecified atom stereocenters. The Hall–Kier alpha value is -3.16. The number of hydrogen-bond acceptors (Lipinski definition) is 8. The van der Waals surface area contributed by atoms with E-state index < -0.39 is 60.7 Å². The maximum atomic E-state index is 14.0. The lowest BCUT2D eigenvalue weighted by Gasteiger charge is -2.39. The summed E-state index contributed by atoms with van der Waals surface area (Å²) in [5, 5.41) is 39.4. The summed E-state index contributed by atoms with van der Waals surface area (Å²) in [4.78, 5) is 18.0. The van der Waals surface area contributed by atoms with Gasteiger partial charge in [0.1, 0.15) is 24.4 Å². The summed E-state index contributed by atoms with van der Waals surface area (Å²) in [7, 11) is 1.03. The first-order valence-corrected chi connectivity index (χ1v) is 10.4. The fourth-order valence-corrected chi connectivity index (χ4v) is 3.93. The van der Waals surface area contributed by atoms with Crippen LogP contribution < -0.4 is 4.84 Å². The van der Waals surface area contributed by atoms with E-state index in [2.05, 4.69) is 4.74 Å². The van der Waals surface area contributed by atoms with Gasteiger partial charge < -0.3 is 34.7 Å². The summed E-state index contributed by atoms with van der Waals surface area (Å²) in [6.45, 7) is -0.753. The van der Waals surface area contributed by atoms with Gasteiger partial charge in [-0.2, -0.15) is 17.9 Å². The largest absolute Gasteiger partial charge is 0.464 e. The van der Waals surface area contributed by atoms with Crippen molar-refractivity contribution in [1.82, 2.24) is 4.73 Å². The summed E-state index contributed by atoms with van der Waals surface area (Å²) < 4.78 is 52.8. The number of ether oxygens (including phenoxy) is 2. The third kappa shape index (κ3) is 4.58. The van der Waals surface area contributed by atoms with Crippen molar-refractivity contribution in [2.24, 2.45) is 0 Å². The molecule has 0 amide bonds. The number of methoxy groups -OCH3 is 1. The smallest absolute Gasteiger partial charge is 0.417 e. The molecule has 1 aromatic heterocycles. The molecule has 0 spiro atoms. The number of carbonyl (C=O) groups is 1. The zero-order chi connectivity index (χ0) is 25.5. The zero-order valence-electron chi connectivity index (χ0n) is 18.2. The molecule has 2 aromatic carbocycles. The first-order valence-electron chi connectivity index (χ1n) is 10.4. The monoisotopic (exact) mass is 497 g/mol. The number of carbonyl (C=O) groups excluding carboxylic acids is 1. The summed E-state index contributed by atoms with van der Waals surface area (Å²) in [6.07, 6.45) is -13.3. The predicted octanol–water partition coefficient (Wildman–Crippen LogP) is 1.34. The molecule has 188 valence electrons. The molecule has 35 heavy (non-hydrogen) atoms. The molecular formula is C23H22F3NO8. The fourth-order valence-electron chi connectivity index (χ4n) is 3.93. The van der Waals surface area contributed by atoms with Crippen LogP contribution in [0.5, 0.6) is 0 Å². The maximum absolute atomic E-state index is 14.0. The van der Waals surface area contributed by atoms with Crippen molar-refractivity contribution in [3.8, 4) is 11.1 Å². The lowest BCUT2D eigenvalue weighted by Crippen LogP contribution is -2.61. The number of hydrogen-bond donors (Lipinski definition) is 4. The van der Waals surface area contributed by atoms with Crippen LogP contribution in [-0.4, -0.2) is 75.5 Å². The van der Waals surface area contributed by atoms with Crippen LogP contribution in [0.15, 0.2) is 48.5 Å². The van der Waals surface area contributed by atoms with Crippen molar-refractivity contribution in [3.05, 3.63) is 59.8 Å². The third-order valence-electron chi connectivity index (χ3n) is 5.74. The van der Waals surface area contributed by atoms with E-state index in [1.807, 2.05) is 0 Å². The molecule has 0 aliphatic carbocycles. The number of aliphatic hydroxyl groups is 4. The number of fused-ring (bicyclic) bond motifs is 1. The highest BCUT2D eigenvalue weighted by molar-refractivity contribution is 5.98. The number of alkyl halides is 3. The topological polar surface area (TPSA) is 131 Å². The Morgan fingerprint density at radius 3 is 2.31 bits per heavy atom. The van der Waals surface area contributed by atoms with Gasteiger partial charge in [0.05, 0.1) is 24.8 Å². The van der Waals surface area contributed by atoms with Gasteiger partial charge in [0, 0.05) is 5.39 Å². The minimum Gasteiger partial charge on any atom is -0.464 e. The number of aromatic nitrogens is 1. The van der Waals surface area contributed by atoms with E-state index in [9.17, 15) is 38.4 Å². The molecule has 5 atom stereocenters. The lowest BCUT2D eigenvalue weighted by molar-refractivity contribution is -0.299. The molecule has 0 bridgehead atoms. The van der Waals surface area contributed by atoms with Crippen LogP contribution in [0, 0.1) is 0 Å². The van der Waals surface area contributed by atoms with Crippen LogP contribution in [0.2, 0.25) is 0 Å². The van der Waals surface area contributed by atoms with Gasteiger partial charge in [-0.1, -0.05) is 30.3 Å². The van der Waals surface area contributed by atoms with Gasteiger partial charge >= 0.3 is 12.1 Å². The Bertz CT molecular complexity index is 1210. The number of halogens is 3. The molecule has 1 fully saturated rings. The second-order valence-corrected chi connectivity index (χ2v) is 7.94. The van der Waals surface area contributed by atoms with Gasteiger partial charge in [-0.3, -0.25) is 0 Å². The van der Waals surface area contributed by atoms with Crippen molar-refractivity contribution in [2.45, 2.75) is 36.9 Å². The summed E-state index contributed by atoms with van der Waals surface area (Å²) in [5.74, 6) is -1.04. The van der Waals surface area contributed by atoms with Crippen LogP contribution in [0.1, 0.15) is 16.1 Å². The second-order valence-electron chi connectivity index (χ2n) is 7.94. The lowest BCUT2D eigenvalue weighted by atomic mass is 9.99. The first kappa shape index (κ1) is 24.9. The predicted molar refractivity (Wildman–Crippen MR) is 114 cm³/mol. The number of nitrogens with zero attached hydrogens (tertiary/aromatic N) is 1. The van der Waals surface area contributed by atoms with Gasteiger partial charge in [-0.25, -0.2) is 4.79 Å². The molecule has 2 heterocycles. The number of esters is 1. The SMILES string of the molecule is COC(=O)c1cc2c(C(F)(F)F)cc(-c3ccccc3)cc2n1O[C@@H]1O[C@H](CO)[C@H](O)[C@@H](O)[C@H]1O. The van der Waals surface area contributed by atoms with E-state index in [1.165, 1.54) is 6.07 Å². The molecule has 0 radical (unpaired) electrons. The number of aliphatic hydroxyl groups excluding tert-OH is 4. The molecule has 12 heteroatoms. The van der Waals surface area contributed by atoms with Gasteiger partial charge in [-0.15, -0.1) is 0 Å². The molecule has 1 aliphatic rings. The molecule has 4 rings (SSSR count). The number of benzene rings is 2. The van der Waals surface area contributed by atoms with Crippen LogP contribution >= 0.6 is 0 Å². The Morgan fingerprint density at radius 2 is 1.71 bits per heavy atom. The maximum Gasteiger partial charge on any atom is 0.417 e. The molecule has 1 aliphatic heterocycles. The average molecular weight is 497 g/mol. The molecule has 1 saturated heterocycles. The highest BCUT2D eigenvalue weighted by Crippen LogP contribution is 2.39. The third-order valence-corrected chi connectivity index (χ3v) is 5.74. The van der Waals surface area contributed by atoms with Crippen LogP contribution in [0.4, 0.5) is 13.2 Å². The Kier molecular flexibility index (Phi) is 6.75. The van der Waals surface area contributed by atoms with Crippen LogP contribution in [-0.2, 0) is 15.7 Å². The van der Waals surface area contributed by atoms with Gasteiger partial charge in [0.2, 0.25) is 0 Å². The van der Waals surface area contributed by atoms with E-state index in [0.717, 1.165) is 24.0 Å². The van der Waals surface area contributed by atoms with E-state index in [0.29, 0.717) is 5.56 Å². The van der Waals surface area contributed by atoms with Crippen molar-refractivity contribution in [3.63, 3.8) is 0 Å². The fraction of sp³-hybridized carbons (Fsp3) is 0.348. The van der Waals surface area contributed by atoms with Gasteiger partial charge in [0.15, 0.2) is 5.69 Å². The average Bonchev–Trinajstić information content (AvgIpc) is 3.21. The van der Waals surface area contributed by atoms with Crippen molar-refractivity contribution >= 4 is 16.9 Å². The minimum absolute atomic E-state index is 0.165.